The Balaban J connectivity index is 1.86. The van der Waals surface area contributed by atoms with Gasteiger partial charge in [0.1, 0.15) is 6.04 Å². The minimum absolute atomic E-state index is 0.0133. The summed E-state index contributed by atoms with van der Waals surface area (Å²) in [5.74, 6) is -0.873. The monoisotopic (exact) mass is 549 g/mol. The number of rotatable bonds is 10. The van der Waals surface area contributed by atoms with Gasteiger partial charge >= 0.3 is 0 Å². The van der Waals surface area contributed by atoms with Crippen LogP contribution in [-0.2, 0) is 26.2 Å². The SMILES string of the molecule is CCCNC(=O)[C@@H](C)N(Cc1ccc(Cl)cc1Cl)C(=O)CN(C)S(=O)(=O)c1ccc2ccccc2c1. The van der Waals surface area contributed by atoms with E-state index in [1.165, 1.54) is 18.0 Å². The van der Waals surface area contributed by atoms with Crippen LogP contribution in [0, 0.1) is 0 Å². The molecule has 0 saturated carbocycles. The Morgan fingerprint density at radius 1 is 1.00 bits per heavy atom. The number of hydrogen-bond donors (Lipinski definition) is 1. The van der Waals surface area contributed by atoms with Crippen LogP contribution < -0.4 is 5.32 Å². The normalized spacial score (nSPS) is 12.5. The highest BCUT2D eigenvalue weighted by Gasteiger charge is 2.30. The maximum Gasteiger partial charge on any atom is 0.243 e. The van der Waals surface area contributed by atoms with Gasteiger partial charge in [-0.1, -0.05) is 66.5 Å². The van der Waals surface area contributed by atoms with Gasteiger partial charge in [-0.05, 0) is 53.9 Å². The van der Waals surface area contributed by atoms with Gasteiger partial charge in [-0.15, -0.1) is 0 Å². The van der Waals surface area contributed by atoms with Crippen molar-refractivity contribution in [3.8, 4) is 0 Å². The molecule has 3 aromatic carbocycles. The summed E-state index contributed by atoms with van der Waals surface area (Å²) in [6.07, 6.45) is 0.738. The van der Waals surface area contributed by atoms with Crippen LogP contribution in [0.1, 0.15) is 25.8 Å². The Labute approximate surface area is 222 Å². The van der Waals surface area contributed by atoms with Crippen LogP contribution in [0.3, 0.4) is 0 Å². The highest BCUT2D eigenvalue weighted by molar-refractivity contribution is 7.89. The summed E-state index contributed by atoms with van der Waals surface area (Å²) in [7, 11) is -2.62. The van der Waals surface area contributed by atoms with Crippen molar-refractivity contribution < 1.29 is 18.0 Å². The summed E-state index contributed by atoms with van der Waals surface area (Å²) in [6, 6.07) is 16.3. The maximum absolute atomic E-state index is 13.4. The number of halogens is 2. The second-order valence-electron chi connectivity index (χ2n) is 8.49. The van der Waals surface area contributed by atoms with E-state index >= 15 is 0 Å². The number of amides is 2. The average molecular weight is 551 g/mol. The van der Waals surface area contributed by atoms with Crippen molar-refractivity contribution in [3.63, 3.8) is 0 Å². The number of likely N-dealkylation sites (N-methyl/N-ethyl adjacent to an activating group) is 1. The molecule has 0 unspecified atom stereocenters. The van der Waals surface area contributed by atoms with E-state index in [0.29, 0.717) is 22.2 Å². The molecule has 0 aliphatic rings. The highest BCUT2D eigenvalue weighted by atomic mass is 35.5. The highest BCUT2D eigenvalue weighted by Crippen LogP contribution is 2.24. The van der Waals surface area contributed by atoms with E-state index in [2.05, 4.69) is 5.32 Å². The third-order valence-corrected chi connectivity index (χ3v) is 8.25. The zero-order chi connectivity index (χ0) is 26.5. The van der Waals surface area contributed by atoms with Crippen molar-refractivity contribution in [1.29, 1.82) is 0 Å². The second kappa shape index (κ2) is 12.1. The molecule has 0 aromatic heterocycles. The number of benzene rings is 3. The second-order valence-corrected chi connectivity index (χ2v) is 11.4. The predicted molar refractivity (Wildman–Crippen MR) is 144 cm³/mol. The molecule has 10 heteroatoms. The number of carbonyl (C=O) groups is 2. The predicted octanol–water partition coefficient (Wildman–Crippen LogP) is 4.71. The molecular weight excluding hydrogens is 521 g/mol. The Hall–Kier alpha value is -2.65. The van der Waals surface area contributed by atoms with Crippen LogP contribution >= 0.6 is 23.2 Å². The fourth-order valence-corrected chi connectivity index (χ4v) is 5.31. The lowest BCUT2D eigenvalue weighted by molar-refractivity contribution is -0.140. The Morgan fingerprint density at radius 2 is 1.69 bits per heavy atom. The zero-order valence-corrected chi connectivity index (χ0v) is 22.7. The molecule has 0 aliphatic carbocycles. The van der Waals surface area contributed by atoms with E-state index < -0.39 is 28.5 Å². The molecule has 2 amide bonds. The molecule has 7 nitrogen and oxygen atoms in total. The van der Waals surface area contributed by atoms with Gasteiger partial charge < -0.3 is 10.2 Å². The Bertz CT molecular complexity index is 1360. The van der Waals surface area contributed by atoms with Gasteiger partial charge in [-0.3, -0.25) is 9.59 Å². The Morgan fingerprint density at radius 3 is 2.36 bits per heavy atom. The minimum Gasteiger partial charge on any atom is -0.354 e. The van der Waals surface area contributed by atoms with Gasteiger partial charge in [0.2, 0.25) is 21.8 Å². The molecule has 1 N–H and O–H groups in total. The van der Waals surface area contributed by atoms with Crippen LogP contribution in [0.2, 0.25) is 10.0 Å². The molecular formula is C26H29Cl2N3O4S. The molecule has 36 heavy (non-hydrogen) atoms. The van der Waals surface area contributed by atoms with Gasteiger partial charge in [-0.2, -0.15) is 4.31 Å². The van der Waals surface area contributed by atoms with Gasteiger partial charge in [0, 0.05) is 30.2 Å². The van der Waals surface area contributed by atoms with Crippen molar-refractivity contribution in [2.45, 2.75) is 37.8 Å². The summed E-state index contributed by atoms with van der Waals surface area (Å²) in [5.41, 5.74) is 0.588. The lowest BCUT2D eigenvalue weighted by atomic mass is 10.1. The lowest BCUT2D eigenvalue weighted by Gasteiger charge is -2.30. The van der Waals surface area contributed by atoms with E-state index in [1.807, 2.05) is 31.2 Å². The maximum atomic E-state index is 13.4. The van der Waals surface area contributed by atoms with Crippen molar-refractivity contribution in [1.82, 2.24) is 14.5 Å². The van der Waals surface area contributed by atoms with E-state index in [4.69, 9.17) is 23.2 Å². The quantitative estimate of drug-likeness (QED) is 0.396. The van der Waals surface area contributed by atoms with Crippen LogP contribution in [0.15, 0.2) is 65.6 Å². The standard InChI is InChI=1S/C26H29Cl2N3O4S/c1-4-13-29-26(33)18(2)31(16-21-9-11-22(27)15-24(21)28)25(32)17-30(3)36(34,35)23-12-10-19-7-5-6-8-20(19)14-23/h5-12,14-15,18H,4,13,16-17H2,1-3H3,(H,29,33)/t18-/m1/s1. The molecule has 0 heterocycles. The summed E-state index contributed by atoms with van der Waals surface area (Å²) >= 11 is 12.3. The fraction of sp³-hybridized carbons (Fsp3) is 0.308. The van der Waals surface area contributed by atoms with Crippen LogP contribution in [0.4, 0.5) is 0 Å². The number of hydrogen-bond acceptors (Lipinski definition) is 4. The summed E-state index contributed by atoms with van der Waals surface area (Å²) < 4.78 is 27.5. The molecule has 3 rings (SSSR count). The molecule has 3 aromatic rings. The minimum atomic E-state index is -3.96. The van der Waals surface area contributed by atoms with Gasteiger partial charge in [-0.25, -0.2) is 8.42 Å². The molecule has 0 aliphatic heterocycles. The van der Waals surface area contributed by atoms with Crippen LogP contribution in [-0.4, -0.2) is 55.6 Å². The van der Waals surface area contributed by atoms with Crippen molar-refractivity contribution in [2.24, 2.45) is 0 Å². The first-order valence-corrected chi connectivity index (χ1v) is 13.7. The fourth-order valence-electron chi connectivity index (χ4n) is 3.69. The molecule has 0 bridgehead atoms. The Kier molecular flexibility index (Phi) is 9.35. The van der Waals surface area contributed by atoms with Crippen LogP contribution in [0.25, 0.3) is 10.8 Å². The average Bonchev–Trinajstić information content (AvgIpc) is 2.85. The summed E-state index contributed by atoms with van der Waals surface area (Å²) in [5, 5.41) is 5.26. The molecule has 192 valence electrons. The first-order chi connectivity index (χ1) is 17.0. The third kappa shape index (κ3) is 6.56. The van der Waals surface area contributed by atoms with Gasteiger partial charge in [0.05, 0.1) is 11.4 Å². The smallest absolute Gasteiger partial charge is 0.243 e. The van der Waals surface area contributed by atoms with E-state index in [0.717, 1.165) is 21.5 Å². The zero-order valence-electron chi connectivity index (χ0n) is 20.4. The first kappa shape index (κ1) is 27.9. The first-order valence-electron chi connectivity index (χ1n) is 11.5. The lowest BCUT2D eigenvalue weighted by Crippen LogP contribution is -2.50. The van der Waals surface area contributed by atoms with Gasteiger partial charge in [0.15, 0.2) is 0 Å². The van der Waals surface area contributed by atoms with Gasteiger partial charge in [0.25, 0.3) is 0 Å². The number of nitrogens with one attached hydrogen (secondary N) is 1. The molecule has 0 spiro atoms. The number of carbonyl (C=O) groups excluding carboxylic acids is 2. The number of nitrogens with zero attached hydrogens (tertiary/aromatic N) is 2. The largest absolute Gasteiger partial charge is 0.354 e. The van der Waals surface area contributed by atoms with E-state index in [9.17, 15) is 18.0 Å². The van der Waals surface area contributed by atoms with Crippen molar-refractivity contribution in [2.75, 3.05) is 20.1 Å². The third-order valence-electron chi connectivity index (χ3n) is 5.86. The summed E-state index contributed by atoms with van der Waals surface area (Å²) in [6.45, 7) is 3.55. The molecule has 0 radical (unpaired) electrons. The van der Waals surface area contributed by atoms with E-state index in [-0.39, 0.29) is 17.3 Å². The summed E-state index contributed by atoms with van der Waals surface area (Å²) in [4.78, 5) is 27.5. The van der Waals surface area contributed by atoms with Crippen LogP contribution in [0.5, 0.6) is 0 Å². The van der Waals surface area contributed by atoms with Crippen molar-refractivity contribution in [3.05, 3.63) is 76.3 Å². The van der Waals surface area contributed by atoms with Crippen molar-refractivity contribution >= 4 is 55.8 Å². The number of sulfonamides is 1. The molecule has 1 atom stereocenters. The van der Waals surface area contributed by atoms with E-state index in [1.54, 1.807) is 37.3 Å². The molecule has 0 saturated heterocycles. The number of fused-ring (bicyclic) bond motifs is 1. The topological polar surface area (TPSA) is 86.8 Å². The molecule has 0 fully saturated rings.